The van der Waals surface area contributed by atoms with Gasteiger partial charge in [0.2, 0.25) is 29.4 Å². The van der Waals surface area contributed by atoms with Crippen molar-refractivity contribution in [1.82, 2.24) is 31.5 Å². The zero-order valence-electron chi connectivity index (χ0n) is 30.6. The number of nitrogens with zero attached hydrogens (tertiary/aromatic N) is 1. The van der Waals surface area contributed by atoms with E-state index in [9.17, 15) is 28.8 Å². The molecule has 13 nitrogen and oxygen atoms in total. The van der Waals surface area contributed by atoms with E-state index in [2.05, 4.69) is 31.5 Å². The maximum absolute atomic E-state index is 13.6. The van der Waals surface area contributed by atoms with Crippen molar-refractivity contribution in [1.29, 1.82) is 0 Å². The van der Waals surface area contributed by atoms with Crippen molar-refractivity contribution < 1.29 is 33.5 Å². The van der Waals surface area contributed by atoms with Gasteiger partial charge in [0, 0.05) is 39.0 Å². The first-order chi connectivity index (χ1) is 25.4. The Morgan fingerprint density at radius 1 is 0.698 bits per heavy atom. The van der Waals surface area contributed by atoms with Crippen molar-refractivity contribution in [3.05, 3.63) is 108 Å². The SMILES string of the molecule is CC(NC(=O)[C@H](Cc1ccccc1)NC(=O)Cc1ccccc1)C(=O)C(=O)N[C@@H](Cc1ccccc1)C(=O)NC(C)(C)C(=O)NCCN1CCOCC1. The standard InChI is InChI=1S/C40H50N6O7/c1-28(42-36(49)32(25-29-13-7-4-8-14-29)43-34(47)27-31-17-11-6-12-18-31)35(48)38(51)44-33(26-30-15-9-5-10-16-30)37(50)45-40(2,3)39(52)41-19-20-46-21-23-53-24-22-46/h4-18,28,32-33H,19-27H2,1-3H3,(H,41,52)(H,42,49)(H,43,47)(H,44,51)(H,45,50)/t28?,32-,33-/m0/s1. The van der Waals surface area contributed by atoms with Crippen molar-refractivity contribution in [2.75, 3.05) is 39.4 Å². The van der Waals surface area contributed by atoms with E-state index in [1.807, 2.05) is 54.6 Å². The molecule has 5 amide bonds. The Morgan fingerprint density at radius 3 is 1.75 bits per heavy atom. The van der Waals surface area contributed by atoms with Crippen molar-refractivity contribution in [3.8, 4) is 0 Å². The second kappa shape index (κ2) is 20.0. The van der Waals surface area contributed by atoms with Crippen LogP contribution in [0.5, 0.6) is 0 Å². The summed E-state index contributed by atoms with van der Waals surface area (Å²) in [5.74, 6) is -4.18. The molecule has 1 unspecified atom stereocenters. The molecule has 3 aromatic carbocycles. The van der Waals surface area contributed by atoms with Crippen molar-refractivity contribution in [3.63, 3.8) is 0 Å². The Kier molecular flexibility index (Phi) is 15.2. The van der Waals surface area contributed by atoms with Gasteiger partial charge >= 0.3 is 0 Å². The van der Waals surface area contributed by atoms with E-state index >= 15 is 0 Å². The van der Waals surface area contributed by atoms with E-state index in [-0.39, 0.29) is 25.2 Å². The smallest absolute Gasteiger partial charge is 0.290 e. The summed E-state index contributed by atoms with van der Waals surface area (Å²) >= 11 is 0. The molecule has 3 aromatic rings. The molecule has 5 N–H and O–H groups in total. The Labute approximate surface area is 310 Å². The molecular formula is C40H50N6O7. The summed E-state index contributed by atoms with van der Waals surface area (Å²) in [6, 6.07) is 23.6. The first-order valence-corrected chi connectivity index (χ1v) is 17.9. The second-order valence-corrected chi connectivity index (χ2v) is 13.6. The lowest BCUT2D eigenvalue weighted by Gasteiger charge is -2.30. The topological polar surface area (TPSA) is 175 Å². The molecule has 0 aromatic heterocycles. The van der Waals surface area contributed by atoms with Gasteiger partial charge in [-0.05, 0) is 37.5 Å². The molecule has 4 rings (SSSR count). The van der Waals surface area contributed by atoms with Crippen LogP contribution in [0.2, 0.25) is 0 Å². The fraction of sp³-hybridized carbons (Fsp3) is 0.400. The molecule has 0 aliphatic carbocycles. The van der Waals surface area contributed by atoms with E-state index in [0.717, 1.165) is 24.2 Å². The van der Waals surface area contributed by atoms with E-state index in [1.54, 1.807) is 50.2 Å². The summed E-state index contributed by atoms with van der Waals surface area (Å²) < 4.78 is 5.36. The van der Waals surface area contributed by atoms with Crippen LogP contribution in [0, 0.1) is 0 Å². The largest absolute Gasteiger partial charge is 0.379 e. The number of nitrogens with one attached hydrogen (secondary N) is 5. The van der Waals surface area contributed by atoms with Gasteiger partial charge in [0.05, 0.1) is 25.7 Å². The second-order valence-electron chi connectivity index (χ2n) is 13.6. The Bertz CT molecular complexity index is 1680. The third kappa shape index (κ3) is 13.3. The van der Waals surface area contributed by atoms with Gasteiger partial charge in [0.15, 0.2) is 0 Å². The highest BCUT2D eigenvalue weighted by Gasteiger charge is 2.35. The highest BCUT2D eigenvalue weighted by molar-refractivity contribution is 6.38. The molecule has 1 aliphatic rings. The van der Waals surface area contributed by atoms with Crippen LogP contribution in [-0.4, -0.2) is 103 Å². The van der Waals surface area contributed by atoms with Crippen LogP contribution in [0.25, 0.3) is 0 Å². The van der Waals surface area contributed by atoms with Crippen LogP contribution >= 0.6 is 0 Å². The Morgan fingerprint density at radius 2 is 1.21 bits per heavy atom. The lowest BCUT2D eigenvalue weighted by molar-refractivity contribution is -0.142. The maximum atomic E-state index is 13.6. The quantitative estimate of drug-likeness (QED) is 0.121. The average molecular weight is 727 g/mol. The molecular weight excluding hydrogens is 676 g/mol. The highest BCUT2D eigenvalue weighted by atomic mass is 16.5. The summed E-state index contributed by atoms with van der Waals surface area (Å²) in [4.78, 5) is 82.1. The van der Waals surface area contributed by atoms with Crippen LogP contribution in [0.3, 0.4) is 0 Å². The molecule has 53 heavy (non-hydrogen) atoms. The van der Waals surface area contributed by atoms with Gasteiger partial charge < -0.3 is 31.3 Å². The Hall–Kier alpha value is -5.40. The predicted molar refractivity (Wildman–Crippen MR) is 199 cm³/mol. The maximum Gasteiger partial charge on any atom is 0.290 e. The third-order valence-electron chi connectivity index (χ3n) is 8.84. The summed E-state index contributed by atoms with van der Waals surface area (Å²) in [6.07, 6.45) is 0.234. The molecule has 1 heterocycles. The van der Waals surface area contributed by atoms with E-state index in [0.29, 0.717) is 31.9 Å². The normalized spacial score (nSPS) is 14.8. The molecule has 282 valence electrons. The lowest BCUT2D eigenvalue weighted by atomic mass is 10.0. The molecule has 1 fully saturated rings. The van der Waals surface area contributed by atoms with Crippen LogP contribution in [-0.2, 0) is 52.8 Å². The van der Waals surface area contributed by atoms with Gasteiger partial charge in [0.1, 0.15) is 17.6 Å². The molecule has 0 saturated carbocycles. The summed E-state index contributed by atoms with van der Waals surface area (Å²) in [5.41, 5.74) is 0.925. The van der Waals surface area contributed by atoms with Crippen LogP contribution < -0.4 is 26.6 Å². The minimum atomic E-state index is -1.34. The van der Waals surface area contributed by atoms with E-state index in [1.165, 1.54) is 6.92 Å². The fourth-order valence-corrected chi connectivity index (χ4v) is 5.78. The molecule has 3 atom stereocenters. The minimum Gasteiger partial charge on any atom is -0.379 e. The van der Waals surface area contributed by atoms with Crippen molar-refractivity contribution in [2.24, 2.45) is 0 Å². The summed E-state index contributed by atoms with van der Waals surface area (Å²) in [5, 5.41) is 13.4. The number of Topliss-reactive ketones (excluding diaryl/α,β-unsaturated/α-hetero) is 1. The number of ether oxygens (including phenoxy) is 1. The summed E-state index contributed by atoms with van der Waals surface area (Å²) in [7, 11) is 0. The van der Waals surface area contributed by atoms with Gasteiger partial charge in [-0.25, -0.2) is 0 Å². The number of hydrogen-bond donors (Lipinski definition) is 5. The molecule has 0 bridgehead atoms. The van der Waals surface area contributed by atoms with Crippen molar-refractivity contribution >= 4 is 35.3 Å². The summed E-state index contributed by atoms with van der Waals surface area (Å²) in [6.45, 7) is 8.32. The number of carbonyl (C=O) groups excluding carboxylic acids is 6. The Balaban J connectivity index is 1.39. The van der Waals surface area contributed by atoms with Gasteiger partial charge in [0.25, 0.3) is 5.91 Å². The number of morpholine rings is 1. The number of rotatable bonds is 18. The molecule has 1 aliphatic heterocycles. The number of amides is 5. The molecule has 1 saturated heterocycles. The van der Waals surface area contributed by atoms with Gasteiger partial charge in [-0.3, -0.25) is 33.7 Å². The highest BCUT2D eigenvalue weighted by Crippen LogP contribution is 2.09. The van der Waals surface area contributed by atoms with Crippen LogP contribution in [0.1, 0.15) is 37.5 Å². The average Bonchev–Trinajstić information content (AvgIpc) is 3.15. The van der Waals surface area contributed by atoms with Crippen LogP contribution in [0.4, 0.5) is 0 Å². The molecule has 0 radical (unpaired) electrons. The minimum absolute atomic E-state index is 0.0355. The fourth-order valence-electron chi connectivity index (χ4n) is 5.78. The first-order valence-electron chi connectivity index (χ1n) is 17.9. The third-order valence-corrected chi connectivity index (χ3v) is 8.84. The van der Waals surface area contributed by atoms with Gasteiger partial charge in [-0.15, -0.1) is 0 Å². The zero-order valence-corrected chi connectivity index (χ0v) is 30.6. The first kappa shape index (κ1) is 40.4. The molecule has 13 heteroatoms. The number of hydrogen-bond acceptors (Lipinski definition) is 8. The van der Waals surface area contributed by atoms with Crippen molar-refractivity contribution in [2.45, 2.75) is 63.7 Å². The van der Waals surface area contributed by atoms with Crippen LogP contribution in [0.15, 0.2) is 91.0 Å². The zero-order chi connectivity index (χ0) is 38.2. The lowest BCUT2D eigenvalue weighted by Crippen LogP contribution is -2.61. The number of benzene rings is 3. The number of ketones is 1. The molecule has 0 spiro atoms. The predicted octanol–water partition coefficient (Wildman–Crippen LogP) is 1.10. The van der Waals surface area contributed by atoms with E-state index in [4.69, 9.17) is 4.74 Å². The monoisotopic (exact) mass is 726 g/mol. The number of carbonyl (C=O) groups is 6. The van der Waals surface area contributed by atoms with Gasteiger partial charge in [-0.2, -0.15) is 0 Å². The van der Waals surface area contributed by atoms with Gasteiger partial charge in [-0.1, -0.05) is 91.0 Å². The van der Waals surface area contributed by atoms with E-state index < -0.39 is 53.1 Å².